The number of benzene rings is 1. The molecule has 2 aliphatic rings. The molecule has 5 heteroatoms. The molecule has 4 nitrogen and oxygen atoms in total. The monoisotopic (exact) mass is 280 g/mol. The van der Waals surface area contributed by atoms with Gasteiger partial charge in [0, 0.05) is 12.6 Å². The second-order valence-electron chi connectivity index (χ2n) is 5.75. The number of rotatable bonds is 4. The van der Waals surface area contributed by atoms with Crippen LogP contribution in [-0.4, -0.2) is 14.5 Å². The third-order valence-electron chi connectivity index (χ3n) is 4.51. The molecule has 3 N–H and O–H groups in total. The second-order valence-corrected chi connectivity index (χ2v) is 7.46. The van der Waals surface area contributed by atoms with E-state index in [1.54, 1.807) is 24.3 Å². The van der Waals surface area contributed by atoms with E-state index >= 15 is 0 Å². The van der Waals surface area contributed by atoms with Crippen LogP contribution in [0.15, 0.2) is 29.2 Å². The van der Waals surface area contributed by atoms with Crippen molar-refractivity contribution in [1.29, 1.82) is 0 Å². The molecule has 0 aromatic heterocycles. The number of hydrogen-bond acceptors (Lipinski definition) is 3. The van der Waals surface area contributed by atoms with Gasteiger partial charge in [0.2, 0.25) is 10.0 Å². The fourth-order valence-corrected chi connectivity index (χ4v) is 4.78. The summed E-state index contributed by atoms with van der Waals surface area (Å²) >= 11 is 0. The lowest BCUT2D eigenvalue weighted by molar-refractivity contribution is 0.390. The summed E-state index contributed by atoms with van der Waals surface area (Å²) in [5.74, 6) is 1.28. The molecule has 3 unspecified atom stereocenters. The van der Waals surface area contributed by atoms with Gasteiger partial charge in [0.25, 0.3) is 0 Å². The Balaban J connectivity index is 1.75. The van der Waals surface area contributed by atoms with Gasteiger partial charge in [-0.1, -0.05) is 18.6 Å². The van der Waals surface area contributed by atoms with Crippen LogP contribution < -0.4 is 10.5 Å². The molecule has 1 aromatic carbocycles. The number of nitrogens with one attached hydrogen (secondary N) is 1. The number of hydrogen-bond donors (Lipinski definition) is 2. The third kappa shape index (κ3) is 2.55. The maximum absolute atomic E-state index is 12.3. The molecule has 19 heavy (non-hydrogen) atoms. The van der Waals surface area contributed by atoms with Gasteiger partial charge in [0.05, 0.1) is 4.90 Å². The lowest BCUT2D eigenvalue weighted by Crippen LogP contribution is -2.38. The predicted molar refractivity (Wildman–Crippen MR) is 73.9 cm³/mol. The second kappa shape index (κ2) is 4.89. The Morgan fingerprint density at radius 3 is 2.42 bits per heavy atom. The Morgan fingerprint density at radius 2 is 1.89 bits per heavy atom. The maximum atomic E-state index is 12.3. The standard InChI is InChI=1S/C14H20N2O2S/c15-9-10-2-5-13(6-3-10)19(17,18)16-14-8-11-1-4-12(14)7-11/h2-3,5-6,11-12,14,16H,1,4,7-9,15H2. The van der Waals surface area contributed by atoms with Gasteiger partial charge in [0.15, 0.2) is 0 Å². The molecule has 2 saturated carbocycles. The van der Waals surface area contributed by atoms with Gasteiger partial charge < -0.3 is 5.73 Å². The summed E-state index contributed by atoms with van der Waals surface area (Å²) in [5.41, 5.74) is 6.46. The van der Waals surface area contributed by atoms with E-state index in [1.807, 2.05) is 0 Å². The first-order chi connectivity index (χ1) is 9.08. The average Bonchev–Trinajstić information content (AvgIpc) is 3.00. The van der Waals surface area contributed by atoms with Crippen molar-refractivity contribution in [3.8, 4) is 0 Å². The Kier molecular flexibility index (Phi) is 3.37. The van der Waals surface area contributed by atoms with E-state index < -0.39 is 10.0 Å². The Morgan fingerprint density at radius 1 is 1.16 bits per heavy atom. The fourth-order valence-electron chi connectivity index (χ4n) is 3.46. The summed E-state index contributed by atoms with van der Waals surface area (Å²) in [6.45, 7) is 0.431. The fraction of sp³-hybridized carbons (Fsp3) is 0.571. The molecule has 1 aromatic rings. The Hall–Kier alpha value is -0.910. The van der Waals surface area contributed by atoms with Gasteiger partial charge in [-0.15, -0.1) is 0 Å². The lowest BCUT2D eigenvalue weighted by Gasteiger charge is -2.22. The van der Waals surface area contributed by atoms with E-state index in [1.165, 1.54) is 19.3 Å². The van der Waals surface area contributed by atoms with Crippen LogP contribution in [0.4, 0.5) is 0 Å². The molecule has 2 bridgehead atoms. The minimum absolute atomic E-state index is 0.137. The molecule has 0 heterocycles. The molecular formula is C14H20N2O2S. The van der Waals surface area contributed by atoms with Crippen LogP contribution >= 0.6 is 0 Å². The highest BCUT2D eigenvalue weighted by Gasteiger charge is 2.41. The summed E-state index contributed by atoms with van der Waals surface area (Å²) < 4.78 is 27.5. The van der Waals surface area contributed by atoms with Gasteiger partial charge >= 0.3 is 0 Å². The molecule has 104 valence electrons. The van der Waals surface area contributed by atoms with Crippen LogP contribution in [0.5, 0.6) is 0 Å². The van der Waals surface area contributed by atoms with Crippen molar-refractivity contribution in [3.63, 3.8) is 0 Å². The Bertz CT molecular complexity index is 553. The van der Waals surface area contributed by atoms with Crippen molar-refractivity contribution < 1.29 is 8.42 Å². The van der Waals surface area contributed by atoms with Crippen molar-refractivity contribution in [2.24, 2.45) is 17.6 Å². The first-order valence-corrected chi connectivity index (χ1v) is 8.38. The van der Waals surface area contributed by atoms with E-state index in [4.69, 9.17) is 5.73 Å². The molecular weight excluding hydrogens is 260 g/mol. The van der Waals surface area contributed by atoms with Crippen LogP contribution in [0, 0.1) is 11.8 Å². The minimum Gasteiger partial charge on any atom is -0.326 e. The molecule has 0 aliphatic heterocycles. The van der Waals surface area contributed by atoms with E-state index in [0.29, 0.717) is 17.4 Å². The van der Waals surface area contributed by atoms with Gasteiger partial charge in [-0.2, -0.15) is 0 Å². The van der Waals surface area contributed by atoms with Crippen LogP contribution in [0.3, 0.4) is 0 Å². The molecule has 0 saturated heterocycles. The Labute approximate surface area is 114 Å². The van der Waals surface area contributed by atoms with Crippen molar-refractivity contribution in [2.75, 3.05) is 0 Å². The highest BCUT2D eigenvalue weighted by Crippen LogP contribution is 2.44. The molecule has 3 atom stereocenters. The zero-order valence-electron chi connectivity index (χ0n) is 10.9. The van der Waals surface area contributed by atoms with Gasteiger partial charge in [-0.3, -0.25) is 0 Å². The van der Waals surface area contributed by atoms with Crippen LogP contribution in [-0.2, 0) is 16.6 Å². The summed E-state index contributed by atoms with van der Waals surface area (Å²) in [5, 5.41) is 0. The normalized spacial score (nSPS) is 29.8. The van der Waals surface area contributed by atoms with Crippen LogP contribution in [0.1, 0.15) is 31.2 Å². The van der Waals surface area contributed by atoms with Crippen molar-refractivity contribution in [3.05, 3.63) is 29.8 Å². The summed E-state index contributed by atoms with van der Waals surface area (Å²) in [4.78, 5) is 0.340. The van der Waals surface area contributed by atoms with Gasteiger partial charge in [-0.05, 0) is 48.8 Å². The van der Waals surface area contributed by atoms with E-state index in [-0.39, 0.29) is 6.04 Å². The largest absolute Gasteiger partial charge is 0.326 e. The predicted octanol–water partition coefficient (Wildman–Crippen LogP) is 1.61. The first kappa shape index (κ1) is 13.1. The summed E-state index contributed by atoms with van der Waals surface area (Å²) in [6.07, 6.45) is 4.64. The smallest absolute Gasteiger partial charge is 0.240 e. The zero-order chi connectivity index (χ0) is 13.5. The molecule has 2 fully saturated rings. The highest BCUT2D eigenvalue weighted by atomic mass is 32.2. The molecule has 0 radical (unpaired) electrons. The third-order valence-corrected chi connectivity index (χ3v) is 6.02. The summed E-state index contributed by atoms with van der Waals surface area (Å²) in [6, 6.07) is 6.96. The van der Waals surface area contributed by atoms with E-state index in [0.717, 1.165) is 17.9 Å². The SMILES string of the molecule is NCc1ccc(S(=O)(=O)NC2CC3CCC2C3)cc1. The topological polar surface area (TPSA) is 72.2 Å². The van der Waals surface area contributed by atoms with Crippen molar-refractivity contribution >= 4 is 10.0 Å². The van der Waals surface area contributed by atoms with Crippen LogP contribution in [0.2, 0.25) is 0 Å². The van der Waals surface area contributed by atoms with Crippen molar-refractivity contribution in [1.82, 2.24) is 4.72 Å². The quantitative estimate of drug-likeness (QED) is 0.880. The highest BCUT2D eigenvalue weighted by molar-refractivity contribution is 7.89. The minimum atomic E-state index is -3.38. The average molecular weight is 280 g/mol. The number of fused-ring (bicyclic) bond motifs is 2. The number of nitrogens with two attached hydrogens (primary N) is 1. The lowest BCUT2D eigenvalue weighted by atomic mass is 9.96. The zero-order valence-corrected chi connectivity index (χ0v) is 11.7. The summed E-state index contributed by atoms with van der Waals surface area (Å²) in [7, 11) is -3.38. The van der Waals surface area contributed by atoms with Gasteiger partial charge in [-0.25, -0.2) is 13.1 Å². The van der Waals surface area contributed by atoms with E-state index in [9.17, 15) is 8.42 Å². The van der Waals surface area contributed by atoms with Crippen LogP contribution in [0.25, 0.3) is 0 Å². The van der Waals surface area contributed by atoms with E-state index in [2.05, 4.69) is 4.72 Å². The molecule has 0 spiro atoms. The number of sulfonamides is 1. The van der Waals surface area contributed by atoms with Crippen molar-refractivity contribution in [2.45, 2.75) is 43.2 Å². The maximum Gasteiger partial charge on any atom is 0.240 e. The first-order valence-electron chi connectivity index (χ1n) is 6.90. The molecule has 0 amide bonds. The molecule has 2 aliphatic carbocycles. The van der Waals surface area contributed by atoms with Gasteiger partial charge in [0.1, 0.15) is 0 Å². The molecule has 3 rings (SSSR count).